The summed E-state index contributed by atoms with van der Waals surface area (Å²) >= 11 is 0. The Hall–Kier alpha value is 0.0969. The first-order valence-corrected chi connectivity index (χ1v) is 10.3. The molecule has 1 spiro atoms. The summed E-state index contributed by atoms with van der Waals surface area (Å²) in [6.07, 6.45) is 4.30. The first kappa shape index (κ1) is 13.5. The van der Waals surface area contributed by atoms with E-state index in [9.17, 15) is 5.11 Å². The van der Waals surface area contributed by atoms with Gasteiger partial charge in [-0.15, -0.1) is 0 Å². The maximum atomic E-state index is 11.0. The van der Waals surface area contributed by atoms with Crippen molar-refractivity contribution >= 4 is 8.07 Å². The summed E-state index contributed by atoms with van der Waals surface area (Å²) < 4.78 is 11.8. The third-order valence-electron chi connectivity index (χ3n) is 4.77. The molecule has 2 rings (SSSR count). The lowest BCUT2D eigenvalue weighted by atomic mass is 9.79. The molecule has 1 aliphatic carbocycles. The monoisotopic (exact) mass is 258 g/mol. The summed E-state index contributed by atoms with van der Waals surface area (Å²) in [6, 6.07) is 0. The largest absolute Gasteiger partial charge is 0.393 e. The molecule has 1 N–H and O–H groups in total. The fourth-order valence-electron chi connectivity index (χ4n) is 3.16. The molecule has 17 heavy (non-hydrogen) atoms. The van der Waals surface area contributed by atoms with E-state index in [1.807, 2.05) is 6.92 Å². The van der Waals surface area contributed by atoms with Gasteiger partial charge in [0.05, 0.1) is 26.5 Å². The summed E-state index contributed by atoms with van der Waals surface area (Å²) in [4.78, 5) is 0. The fraction of sp³-hybridized carbons (Fsp3) is 1.00. The molecule has 0 radical (unpaired) electrons. The van der Waals surface area contributed by atoms with Gasteiger partial charge in [-0.2, -0.15) is 0 Å². The molecule has 1 saturated carbocycles. The van der Waals surface area contributed by atoms with Crippen molar-refractivity contribution in [1.82, 2.24) is 0 Å². The summed E-state index contributed by atoms with van der Waals surface area (Å²) in [5.41, 5.74) is 0. The van der Waals surface area contributed by atoms with Crippen LogP contribution in [0, 0.1) is 5.92 Å². The molecule has 0 aromatic heterocycles. The highest BCUT2D eigenvalue weighted by Gasteiger charge is 2.57. The van der Waals surface area contributed by atoms with Gasteiger partial charge in [-0.25, -0.2) is 0 Å². The van der Waals surface area contributed by atoms with Crippen LogP contribution in [-0.2, 0) is 9.47 Å². The number of hydrogen-bond acceptors (Lipinski definition) is 3. The van der Waals surface area contributed by atoms with E-state index in [0.29, 0.717) is 13.2 Å². The highest BCUT2D eigenvalue weighted by atomic mass is 28.3. The molecule has 1 aliphatic heterocycles. The zero-order valence-electron chi connectivity index (χ0n) is 11.6. The van der Waals surface area contributed by atoms with Crippen LogP contribution in [0.15, 0.2) is 0 Å². The van der Waals surface area contributed by atoms with Crippen LogP contribution in [0.25, 0.3) is 0 Å². The Morgan fingerprint density at radius 1 is 1.18 bits per heavy atom. The van der Waals surface area contributed by atoms with Crippen LogP contribution in [0.1, 0.15) is 32.6 Å². The van der Waals surface area contributed by atoms with Crippen LogP contribution in [0.2, 0.25) is 19.6 Å². The molecule has 1 saturated heterocycles. The van der Waals surface area contributed by atoms with E-state index in [1.54, 1.807) is 0 Å². The first-order valence-electron chi connectivity index (χ1n) is 6.80. The van der Waals surface area contributed by atoms with Crippen molar-refractivity contribution < 1.29 is 14.6 Å². The predicted octanol–water partition coefficient (Wildman–Crippen LogP) is 2.55. The lowest BCUT2D eigenvalue weighted by molar-refractivity contribution is -0.239. The van der Waals surface area contributed by atoms with Crippen molar-refractivity contribution in [1.29, 1.82) is 0 Å². The molecule has 2 aliphatic rings. The lowest BCUT2D eigenvalue weighted by Crippen LogP contribution is -2.63. The average Bonchev–Trinajstić information content (AvgIpc) is 2.65. The molecular weight excluding hydrogens is 232 g/mol. The van der Waals surface area contributed by atoms with Gasteiger partial charge in [0.1, 0.15) is 0 Å². The maximum Gasteiger partial charge on any atom is 0.173 e. The van der Waals surface area contributed by atoms with Crippen LogP contribution in [0.4, 0.5) is 0 Å². The minimum atomic E-state index is -1.67. The Kier molecular flexibility index (Phi) is 3.45. The Morgan fingerprint density at radius 3 is 2.29 bits per heavy atom. The topological polar surface area (TPSA) is 38.7 Å². The molecule has 0 bridgehead atoms. The second kappa shape index (κ2) is 4.33. The molecule has 100 valence electrons. The van der Waals surface area contributed by atoms with Gasteiger partial charge in [-0.1, -0.05) is 26.1 Å². The molecule has 1 heterocycles. The lowest BCUT2D eigenvalue weighted by Gasteiger charge is -2.51. The van der Waals surface area contributed by atoms with Crippen LogP contribution in [0.5, 0.6) is 0 Å². The second-order valence-electron chi connectivity index (χ2n) is 6.70. The van der Waals surface area contributed by atoms with Gasteiger partial charge < -0.3 is 14.6 Å². The van der Waals surface area contributed by atoms with E-state index in [4.69, 9.17) is 9.47 Å². The molecule has 3 nitrogen and oxygen atoms in total. The van der Waals surface area contributed by atoms with E-state index in [-0.39, 0.29) is 5.92 Å². The SMILES string of the molecule is C[C@](O)([C@@H]1CCCCC12OCCO2)[Si](C)(C)C. The molecule has 0 unspecified atom stereocenters. The molecule has 2 atom stereocenters. The molecule has 2 fully saturated rings. The van der Waals surface area contributed by atoms with E-state index in [2.05, 4.69) is 19.6 Å². The molecule has 0 aromatic rings. The van der Waals surface area contributed by atoms with E-state index >= 15 is 0 Å². The van der Waals surface area contributed by atoms with Crippen LogP contribution in [0.3, 0.4) is 0 Å². The average molecular weight is 258 g/mol. The van der Waals surface area contributed by atoms with E-state index in [0.717, 1.165) is 19.3 Å². The first-order chi connectivity index (χ1) is 7.80. The third kappa shape index (κ3) is 2.20. The zero-order chi connectivity index (χ0) is 12.7. The summed E-state index contributed by atoms with van der Waals surface area (Å²) in [5.74, 6) is -0.347. The van der Waals surface area contributed by atoms with Crippen molar-refractivity contribution in [2.75, 3.05) is 13.2 Å². The maximum absolute atomic E-state index is 11.0. The highest BCUT2D eigenvalue weighted by molar-refractivity contribution is 6.78. The Bertz CT molecular complexity index is 275. The number of ether oxygens (including phenoxy) is 2. The highest BCUT2D eigenvalue weighted by Crippen LogP contribution is 2.48. The van der Waals surface area contributed by atoms with E-state index < -0.39 is 19.1 Å². The predicted molar refractivity (Wildman–Crippen MR) is 70.6 cm³/mol. The minimum absolute atomic E-state index is 0.137. The number of aliphatic hydroxyl groups is 1. The van der Waals surface area contributed by atoms with Crippen molar-refractivity contribution in [2.24, 2.45) is 5.92 Å². The zero-order valence-corrected chi connectivity index (χ0v) is 12.6. The minimum Gasteiger partial charge on any atom is -0.393 e. The van der Waals surface area contributed by atoms with E-state index in [1.165, 1.54) is 6.42 Å². The smallest absolute Gasteiger partial charge is 0.173 e. The number of hydrogen-bond donors (Lipinski definition) is 1. The second-order valence-corrected chi connectivity index (χ2v) is 12.2. The van der Waals surface area contributed by atoms with Gasteiger partial charge in [0.15, 0.2) is 5.79 Å². The quantitative estimate of drug-likeness (QED) is 0.774. The van der Waals surface area contributed by atoms with Gasteiger partial charge >= 0.3 is 0 Å². The summed E-state index contributed by atoms with van der Waals surface area (Å²) in [6.45, 7) is 10.0. The number of rotatable bonds is 2. The Labute approximate surface area is 106 Å². The van der Waals surface area contributed by atoms with Gasteiger partial charge in [0.25, 0.3) is 0 Å². The van der Waals surface area contributed by atoms with Gasteiger partial charge in [-0.05, 0) is 19.8 Å². The normalized spacial score (nSPS) is 32.6. The molecule has 0 aromatic carbocycles. The standard InChI is InChI=1S/C13H26O3Si/c1-12(14,17(2,3)4)11-7-5-6-8-13(11)15-9-10-16-13/h11,14H,5-10H2,1-4H3/t11-,12+/m0/s1. The van der Waals surface area contributed by atoms with Crippen molar-refractivity contribution in [3.05, 3.63) is 0 Å². The Morgan fingerprint density at radius 2 is 1.76 bits per heavy atom. The molecule has 4 heteroatoms. The van der Waals surface area contributed by atoms with Crippen LogP contribution in [-0.4, -0.2) is 37.4 Å². The van der Waals surface area contributed by atoms with Gasteiger partial charge in [-0.3, -0.25) is 0 Å². The van der Waals surface area contributed by atoms with Crippen LogP contribution < -0.4 is 0 Å². The van der Waals surface area contributed by atoms with Crippen molar-refractivity contribution in [2.45, 2.75) is 63.3 Å². The molecular formula is C13H26O3Si. The Balaban J connectivity index is 2.28. The molecule has 0 amide bonds. The van der Waals surface area contributed by atoms with Crippen molar-refractivity contribution in [3.63, 3.8) is 0 Å². The fourth-order valence-corrected chi connectivity index (χ4v) is 4.57. The summed E-state index contributed by atoms with van der Waals surface area (Å²) in [7, 11) is -1.67. The van der Waals surface area contributed by atoms with Gasteiger partial charge in [0, 0.05) is 12.3 Å². The van der Waals surface area contributed by atoms with Crippen LogP contribution >= 0.6 is 0 Å². The summed E-state index contributed by atoms with van der Waals surface area (Å²) in [5, 5.41) is 10.4. The third-order valence-corrected chi connectivity index (χ3v) is 8.16. The van der Waals surface area contributed by atoms with Gasteiger partial charge in [0.2, 0.25) is 0 Å². The van der Waals surface area contributed by atoms with Crippen molar-refractivity contribution in [3.8, 4) is 0 Å².